The number of thiazole rings is 1. The Kier molecular flexibility index (Phi) is 4.96. The normalized spacial score (nSPS) is 23.3. The number of hydrogen-bond donors (Lipinski definition) is 0. The first-order valence-electron chi connectivity index (χ1n) is 9.21. The third kappa shape index (κ3) is 3.48. The molecule has 6 heteroatoms. The second-order valence-corrected chi connectivity index (χ2v) is 8.22. The highest BCUT2D eigenvalue weighted by molar-refractivity contribution is 7.09. The van der Waals surface area contributed by atoms with Crippen molar-refractivity contribution < 1.29 is 9.53 Å². The molecule has 4 rings (SSSR count). The van der Waals surface area contributed by atoms with E-state index in [1.165, 1.54) is 5.56 Å². The van der Waals surface area contributed by atoms with Crippen molar-refractivity contribution in [2.45, 2.75) is 51.4 Å². The van der Waals surface area contributed by atoms with Gasteiger partial charge in [-0.15, -0.1) is 11.3 Å². The molecule has 0 bridgehead atoms. The molecule has 138 valence electrons. The van der Waals surface area contributed by atoms with Gasteiger partial charge in [-0.25, -0.2) is 4.98 Å². The minimum Gasteiger partial charge on any atom is -0.497 e. The molecule has 0 N–H and O–H groups in total. The van der Waals surface area contributed by atoms with Crippen molar-refractivity contribution in [3.8, 4) is 5.75 Å². The van der Waals surface area contributed by atoms with E-state index in [0.29, 0.717) is 25.0 Å². The summed E-state index contributed by atoms with van der Waals surface area (Å²) in [6.45, 7) is 4.64. The Bertz CT molecular complexity index is 774. The van der Waals surface area contributed by atoms with E-state index in [9.17, 15) is 4.79 Å². The molecule has 0 spiro atoms. The van der Waals surface area contributed by atoms with Crippen LogP contribution in [0.4, 0.5) is 0 Å². The summed E-state index contributed by atoms with van der Waals surface area (Å²) in [6, 6.07) is 9.08. The van der Waals surface area contributed by atoms with E-state index in [1.54, 1.807) is 18.4 Å². The van der Waals surface area contributed by atoms with E-state index in [1.807, 2.05) is 19.1 Å². The maximum absolute atomic E-state index is 12.6. The molecule has 1 aromatic heterocycles. The number of fused-ring (bicyclic) bond motifs is 1. The number of methoxy groups -OCH3 is 1. The van der Waals surface area contributed by atoms with Gasteiger partial charge in [-0.2, -0.15) is 0 Å². The fourth-order valence-electron chi connectivity index (χ4n) is 4.26. The van der Waals surface area contributed by atoms with Crippen LogP contribution in [0.1, 0.15) is 35.5 Å². The van der Waals surface area contributed by atoms with Gasteiger partial charge >= 0.3 is 0 Å². The molecule has 2 saturated heterocycles. The molecule has 2 fully saturated rings. The van der Waals surface area contributed by atoms with Crippen LogP contribution in [0.2, 0.25) is 0 Å². The third-order valence-electron chi connectivity index (χ3n) is 5.54. The molecule has 3 heterocycles. The number of benzene rings is 1. The highest BCUT2D eigenvalue weighted by Crippen LogP contribution is 2.33. The lowest BCUT2D eigenvalue weighted by atomic mass is 9.96. The number of aromatic nitrogens is 1. The molecule has 0 aliphatic carbocycles. The first-order chi connectivity index (χ1) is 12.6. The summed E-state index contributed by atoms with van der Waals surface area (Å²) in [5, 5.41) is 3.14. The van der Waals surface area contributed by atoms with Crippen molar-refractivity contribution in [3.05, 3.63) is 45.9 Å². The van der Waals surface area contributed by atoms with Gasteiger partial charge in [-0.05, 0) is 37.5 Å². The standard InChI is InChI=1S/C20H25N3O2S/c1-14-21-16(13-26-14)12-23-19-9-10-22(18(19)7-8-20(23)24)11-15-3-5-17(25-2)6-4-15/h3-6,13,18-19H,7-12H2,1-2H3/t18-,19-/m1/s1. The third-order valence-corrected chi connectivity index (χ3v) is 6.37. The number of nitrogens with zero attached hydrogens (tertiary/aromatic N) is 3. The van der Waals surface area contributed by atoms with Gasteiger partial charge in [-0.3, -0.25) is 9.69 Å². The molecule has 5 nitrogen and oxygen atoms in total. The van der Waals surface area contributed by atoms with Gasteiger partial charge in [0.25, 0.3) is 0 Å². The smallest absolute Gasteiger partial charge is 0.223 e. The Labute approximate surface area is 158 Å². The van der Waals surface area contributed by atoms with Crippen LogP contribution in [-0.2, 0) is 17.9 Å². The zero-order chi connectivity index (χ0) is 18.1. The van der Waals surface area contributed by atoms with Crippen LogP contribution < -0.4 is 4.74 Å². The van der Waals surface area contributed by atoms with Crippen molar-refractivity contribution >= 4 is 17.2 Å². The van der Waals surface area contributed by atoms with Crippen molar-refractivity contribution in [1.82, 2.24) is 14.8 Å². The molecule has 2 aromatic rings. The average Bonchev–Trinajstić information content (AvgIpc) is 3.24. The van der Waals surface area contributed by atoms with Crippen molar-refractivity contribution in [2.24, 2.45) is 0 Å². The minimum atomic E-state index is 0.281. The number of carbonyl (C=O) groups excluding carboxylic acids is 1. The van der Waals surface area contributed by atoms with E-state index >= 15 is 0 Å². The number of hydrogen-bond acceptors (Lipinski definition) is 5. The van der Waals surface area contributed by atoms with Gasteiger partial charge < -0.3 is 9.64 Å². The summed E-state index contributed by atoms with van der Waals surface area (Å²) in [7, 11) is 1.69. The molecule has 0 unspecified atom stereocenters. The fraction of sp³-hybridized carbons (Fsp3) is 0.500. The van der Waals surface area contributed by atoms with Crippen LogP contribution >= 0.6 is 11.3 Å². The maximum atomic E-state index is 12.6. The van der Waals surface area contributed by atoms with Crippen LogP contribution in [0.15, 0.2) is 29.6 Å². The summed E-state index contributed by atoms with van der Waals surface area (Å²) in [6.07, 6.45) is 2.66. The molecule has 2 aliphatic rings. The lowest BCUT2D eigenvalue weighted by Crippen LogP contribution is -2.51. The van der Waals surface area contributed by atoms with Gasteiger partial charge in [-0.1, -0.05) is 12.1 Å². The minimum absolute atomic E-state index is 0.281. The number of likely N-dealkylation sites (tertiary alicyclic amines) is 2. The maximum Gasteiger partial charge on any atom is 0.223 e. The molecular formula is C20H25N3O2S. The highest BCUT2D eigenvalue weighted by Gasteiger charge is 2.42. The Morgan fingerprint density at radius 2 is 2.00 bits per heavy atom. The van der Waals surface area contributed by atoms with E-state index in [4.69, 9.17) is 4.74 Å². The first-order valence-corrected chi connectivity index (χ1v) is 10.1. The molecular weight excluding hydrogens is 346 g/mol. The Morgan fingerprint density at radius 1 is 1.19 bits per heavy atom. The van der Waals surface area contributed by atoms with Crippen LogP contribution in [0.3, 0.4) is 0 Å². The first kappa shape index (κ1) is 17.5. The van der Waals surface area contributed by atoms with E-state index in [2.05, 4.69) is 32.3 Å². The van der Waals surface area contributed by atoms with Crippen LogP contribution in [0, 0.1) is 6.92 Å². The lowest BCUT2D eigenvalue weighted by Gasteiger charge is -2.39. The summed E-state index contributed by atoms with van der Waals surface area (Å²) in [5.74, 6) is 1.17. The fourth-order valence-corrected chi connectivity index (χ4v) is 4.86. The Hall–Kier alpha value is -1.92. The summed E-state index contributed by atoms with van der Waals surface area (Å²) < 4.78 is 5.25. The summed E-state index contributed by atoms with van der Waals surface area (Å²) in [4.78, 5) is 21.7. The number of rotatable bonds is 5. The second-order valence-electron chi connectivity index (χ2n) is 7.16. The number of ether oxygens (including phenoxy) is 1. The molecule has 1 aromatic carbocycles. The SMILES string of the molecule is COc1ccc(CN2CC[C@@H]3[C@H]2CCC(=O)N3Cc2csc(C)n2)cc1. The average molecular weight is 372 g/mol. The van der Waals surface area contributed by atoms with E-state index in [0.717, 1.165) is 42.4 Å². The Morgan fingerprint density at radius 3 is 2.69 bits per heavy atom. The predicted octanol–water partition coefficient (Wildman–Crippen LogP) is 3.23. The molecule has 1 amide bonds. The number of piperidine rings is 1. The second kappa shape index (κ2) is 7.37. The summed E-state index contributed by atoms with van der Waals surface area (Å²) in [5.41, 5.74) is 2.32. The number of aryl methyl sites for hydroxylation is 1. The molecule has 2 atom stereocenters. The predicted molar refractivity (Wildman–Crippen MR) is 102 cm³/mol. The zero-order valence-corrected chi connectivity index (χ0v) is 16.2. The molecule has 0 saturated carbocycles. The van der Waals surface area contributed by atoms with Gasteiger partial charge in [0.15, 0.2) is 0 Å². The number of carbonyl (C=O) groups is 1. The zero-order valence-electron chi connectivity index (χ0n) is 15.4. The van der Waals surface area contributed by atoms with Crippen LogP contribution in [0.5, 0.6) is 5.75 Å². The molecule has 26 heavy (non-hydrogen) atoms. The van der Waals surface area contributed by atoms with Gasteiger partial charge in [0.2, 0.25) is 5.91 Å². The van der Waals surface area contributed by atoms with Gasteiger partial charge in [0, 0.05) is 37.0 Å². The summed E-state index contributed by atoms with van der Waals surface area (Å²) >= 11 is 1.66. The highest BCUT2D eigenvalue weighted by atomic mass is 32.1. The monoisotopic (exact) mass is 371 g/mol. The van der Waals surface area contributed by atoms with Crippen molar-refractivity contribution in [2.75, 3.05) is 13.7 Å². The van der Waals surface area contributed by atoms with E-state index < -0.39 is 0 Å². The van der Waals surface area contributed by atoms with E-state index in [-0.39, 0.29) is 5.91 Å². The van der Waals surface area contributed by atoms with Crippen molar-refractivity contribution in [1.29, 1.82) is 0 Å². The van der Waals surface area contributed by atoms with Crippen LogP contribution in [0.25, 0.3) is 0 Å². The van der Waals surface area contributed by atoms with Gasteiger partial charge in [0.05, 0.1) is 24.4 Å². The topological polar surface area (TPSA) is 45.7 Å². The molecule has 0 radical (unpaired) electrons. The Balaban J connectivity index is 1.45. The molecule has 2 aliphatic heterocycles. The number of amides is 1. The largest absolute Gasteiger partial charge is 0.497 e. The lowest BCUT2D eigenvalue weighted by molar-refractivity contribution is -0.138. The van der Waals surface area contributed by atoms with Crippen LogP contribution in [-0.4, -0.2) is 46.4 Å². The quantitative estimate of drug-likeness (QED) is 0.810. The van der Waals surface area contributed by atoms with Gasteiger partial charge in [0.1, 0.15) is 5.75 Å². The van der Waals surface area contributed by atoms with Crippen molar-refractivity contribution in [3.63, 3.8) is 0 Å².